The van der Waals surface area contributed by atoms with Crippen LogP contribution in [0.5, 0.6) is 11.5 Å². The van der Waals surface area contributed by atoms with Gasteiger partial charge in [0, 0.05) is 32.4 Å². The Morgan fingerprint density at radius 3 is 2.50 bits per heavy atom. The summed E-state index contributed by atoms with van der Waals surface area (Å²) in [5, 5.41) is 11.8. The van der Waals surface area contributed by atoms with Gasteiger partial charge in [-0.15, -0.1) is 10.2 Å². The summed E-state index contributed by atoms with van der Waals surface area (Å²) < 4.78 is 11.3. The molecule has 1 aromatic carbocycles. The van der Waals surface area contributed by atoms with Gasteiger partial charge in [-0.05, 0) is 42.8 Å². The van der Waals surface area contributed by atoms with Crippen LogP contribution in [0.25, 0.3) is 0 Å². The summed E-state index contributed by atoms with van der Waals surface area (Å²) in [4.78, 5) is 21.4. The number of hydrogen-bond acceptors (Lipinski definition) is 8. The lowest BCUT2D eigenvalue weighted by Gasteiger charge is -2.35. The van der Waals surface area contributed by atoms with Gasteiger partial charge in [0.2, 0.25) is 0 Å². The smallest absolute Gasteiger partial charge is 0.257 e. The van der Waals surface area contributed by atoms with E-state index >= 15 is 0 Å². The molecule has 0 bridgehead atoms. The maximum atomic E-state index is 13.1. The molecular formula is C23H24N6O3. The van der Waals surface area contributed by atoms with Gasteiger partial charge in [-0.2, -0.15) is 0 Å². The van der Waals surface area contributed by atoms with E-state index in [2.05, 4.69) is 25.4 Å². The Hall–Kier alpha value is -3.88. The van der Waals surface area contributed by atoms with Gasteiger partial charge in [-0.25, -0.2) is 4.98 Å². The second-order valence-electron chi connectivity index (χ2n) is 7.73. The number of nitrogens with one attached hydrogen (secondary N) is 1. The monoisotopic (exact) mass is 432 g/mol. The van der Waals surface area contributed by atoms with Crippen molar-refractivity contribution >= 4 is 23.4 Å². The summed E-state index contributed by atoms with van der Waals surface area (Å²) in [6, 6.07) is 13.2. The van der Waals surface area contributed by atoms with Crippen LogP contribution in [0.2, 0.25) is 0 Å². The standard InChI is InChI=1S/C23H24N6O3/c1-16-5-6-19(24-15-16)25-20-7-8-21(27-26-20)28-9-11-29(12-10-28)23(30)17-3-2-4-18-22(17)32-14-13-31-18/h2-8,15H,9-14H2,1H3,(H,24,25,26). The fourth-order valence-electron chi connectivity index (χ4n) is 3.78. The molecule has 2 aliphatic rings. The van der Waals surface area contributed by atoms with Crippen LogP contribution in [0.1, 0.15) is 15.9 Å². The Balaban J connectivity index is 1.20. The van der Waals surface area contributed by atoms with Crippen molar-refractivity contribution in [1.82, 2.24) is 20.1 Å². The Labute approximate surface area is 186 Å². The van der Waals surface area contributed by atoms with Crippen molar-refractivity contribution in [1.29, 1.82) is 0 Å². The summed E-state index contributed by atoms with van der Waals surface area (Å²) in [5.41, 5.74) is 1.65. The molecule has 0 unspecified atom stereocenters. The second-order valence-corrected chi connectivity index (χ2v) is 7.73. The van der Waals surface area contributed by atoms with Crippen LogP contribution in [-0.4, -0.2) is 65.4 Å². The Bertz CT molecular complexity index is 1100. The van der Waals surface area contributed by atoms with Crippen LogP contribution in [0.3, 0.4) is 0 Å². The van der Waals surface area contributed by atoms with Gasteiger partial charge in [0.25, 0.3) is 5.91 Å². The van der Waals surface area contributed by atoms with Crippen molar-refractivity contribution in [3.8, 4) is 11.5 Å². The lowest BCUT2D eigenvalue weighted by molar-refractivity contribution is 0.0736. The third-order valence-corrected chi connectivity index (χ3v) is 5.51. The Morgan fingerprint density at radius 2 is 1.75 bits per heavy atom. The molecular weight excluding hydrogens is 408 g/mol. The number of fused-ring (bicyclic) bond motifs is 1. The van der Waals surface area contributed by atoms with Crippen molar-refractivity contribution in [2.45, 2.75) is 6.92 Å². The number of carbonyl (C=O) groups is 1. The predicted octanol–water partition coefficient (Wildman–Crippen LogP) is 2.66. The number of para-hydroxylation sites is 1. The van der Waals surface area contributed by atoms with Gasteiger partial charge in [0.1, 0.15) is 19.0 Å². The first kappa shape index (κ1) is 20.0. The molecule has 9 heteroatoms. The maximum Gasteiger partial charge on any atom is 0.257 e. The van der Waals surface area contributed by atoms with Crippen LogP contribution in [0.15, 0.2) is 48.7 Å². The van der Waals surface area contributed by atoms with Crippen LogP contribution in [0, 0.1) is 6.92 Å². The highest BCUT2D eigenvalue weighted by molar-refractivity contribution is 5.98. The fourth-order valence-corrected chi connectivity index (χ4v) is 3.78. The van der Waals surface area contributed by atoms with Gasteiger partial charge in [-0.1, -0.05) is 12.1 Å². The average Bonchev–Trinajstić information content (AvgIpc) is 2.85. The minimum Gasteiger partial charge on any atom is -0.486 e. The number of nitrogens with zero attached hydrogens (tertiary/aromatic N) is 5. The van der Waals surface area contributed by atoms with E-state index in [0.29, 0.717) is 62.3 Å². The van der Waals surface area contributed by atoms with Gasteiger partial charge in [-0.3, -0.25) is 4.79 Å². The zero-order valence-corrected chi connectivity index (χ0v) is 17.8. The van der Waals surface area contributed by atoms with E-state index in [1.54, 1.807) is 12.3 Å². The molecule has 1 amide bonds. The van der Waals surface area contributed by atoms with Crippen molar-refractivity contribution in [3.05, 3.63) is 59.8 Å². The molecule has 0 radical (unpaired) electrons. The first-order valence-corrected chi connectivity index (χ1v) is 10.6. The molecule has 0 aliphatic carbocycles. The molecule has 3 aromatic rings. The number of piperazine rings is 1. The van der Waals surface area contributed by atoms with E-state index in [0.717, 1.165) is 17.2 Å². The molecule has 1 fully saturated rings. The third kappa shape index (κ3) is 4.14. The average molecular weight is 432 g/mol. The molecule has 32 heavy (non-hydrogen) atoms. The van der Waals surface area contributed by atoms with Gasteiger partial charge in [0.05, 0.1) is 5.56 Å². The zero-order valence-electron chi connectivity index (χ0n) is 17.8. The number of pyridine rings is 1. The topological polar surface area (TPSA) is 92.7 Å². The van der Waals surface area contributed by atoms with Gasteiger partial charge in [0.15, 0.2) is 23.1 Å². The Morgan fingerprint density at radius 1 is 0.938 bits per heavy atom. The number of carbonyl (C=O) groups excluding carboxylic acids is 1. The van der Waals surface area contributed by atoms with Crippen molar-refractivity contribution in [3.63, 3.8) is 0 Å². The fraction of sp³-hybridized carbons (Fsp3) is 0.304. The highest BCUT2D eigenvalue weighted by Gasteiger charge is 2.27. The summed E-state index contributed by atoms with van der Waals surface area (Å²) >= 11 is 0. The summed E-state index contributed by atoms with van der Waals surface area (Å²) in [6.07, 6.45) is 1.80. The van der Waals surface area contributed by atoms with Crippen LogP contribution >= 0.6 is 0 Å². The molecule has 1 saturated heterocycles. The maximum absolute atomic E-state index is 13.1. The minimum atomic E-state index is -0.0387. The van der Waals surface area contributed by atoms with E-state index in [1.807, 2.05) is 48.2 Å². The first-order chi connectivity index (χ1) is 15.7. The number of amides is 1. The normalized spacial score (nSPS) is 15.4. The highest BCUT2D eigenvalue weighted by Crippen LogP contribution is 2.34. The molecule has 0 spiro atoms. The molecule has 2 aromatic heterocycles. The van der Waals surface area contributed by atoms with E-state index in [9.17, 15) is 4.79 Å². The van der Waals surface area contributed by atoms with Crippen LogP contribution < -0.4 is 19.7 Å². The van der Waals surface area contributed by atoms with E-state index in [4.69, 9.17) is 9.47 Å². The van der Waals surface area contributed by atoms with Gasteiger partial charge >= 0.3 is 0 Å². The van der Waals surface area contributed by atoms with Crippen molar-refractivity contribution in [2.75, 3.05) is 49.6 Å². The number of rotatable bonds is 4. The number of hydrogen-bond donors (Lipinski definition) is 1. The Kier molecular flexibility index (Phi) is 5.45. The SMILES string of the molecule is Cc1ccc(Nc2ccc(N3CCN(C(=O)c4cccc5c4OCCO5)CC3)nn2)nc1. The van der Waals surface area contributed by atoms with Crippen LogP contribution in [-0.2, 0) is 0 Å². The third-order valence-electron chi connectivity index (χ3n) is 5.51. The van der Waals surface area contributed by atoms with Crippen molar-refractivity contribution < 1.29 is 14.3 Å². The molecule has 4 heterocycles. The molecule has 9 nitrogen and oxygen atoms in total. The molecule has 5 rings (SSSR count). The quantitative estimate of drug-likeness (QED) is 0.673. The molecule has 2 aliphatic heterocycles. The molecule has 0 saturated carbocycles. The van der Waals surface area contributed by atoms with E-state index in [-0.39, 0.29) is 5.91 Å². The lowest BCUT2D eigenvalue weighted by Crippen LogP contribution is -2.49. The number of anilines is 3. The van der Waals surface area contributed by atoms with Crippen molar-refractivity contribution in [2.24, 2.45) is 0 Å². The largest absolute Gasteiger partial charge is 0.486 e. The van der Waals surface area contributed by atoms with E-state index in [1.165, 1.54) is 0 Å². The highest BCUT2D eigenvalue weighted by atomic mass is 16.6. The number of ether oxygens (including phenoxy) is 2. The predicted molar refractivity (Wildman–Crippen MR) is 120 cm³/mol. The number of aromatic nitrogens is 3. The zero-order chi connectivity index (χ0) is 21.9. The summed E-state index contributed by atoms with van der Waals surface area (Å²) in [6.45, 7) is 5.50. The summed E-state index contributed by atoms with van der Waals surface area (Å²) in [5.74, 6) is 3.28. The molecule has 1 N–H and O–H groups in total. The number of benzene rings is 1. The molecule has 0 atom stereocenters. The van der Waals surface area contributed by atoms with Crippen LogP contribution in [0.4, 0.5) is 17.5 Å². The molecule has 164 valence electrons. The second kappa shape index (κ2) is 8.70. The first-order valence-electron chi connectivity index (χ1n) is 10.6. The number of aryl methyl sites for hydroxylation is 1. The van der Waals surface area contributed by atoms with E-state index < -0.39 is 0 Å². The summed E-state index contributed by atoms with van der Waals surface area (Å²) in [7, 11) is 0. The van der Waals surface area contributed by atoms with Gasteiger partial charge < -0.3 is 24.6 Å². The lowest BCUT2D eigenvalue weighted by atomic mass is 10.1. The minimum absolute atomic E-state index is 0.0387.